The maximum absolute atomic E-state index is 13.6. The van der Waals surface area contributed by atoms with E-state index in [2.05, 4.69) is 5.32 Å². The lowest BCUT2D eigenvalue weighted by Crippen LogP contribution is -2.36. The third-order valence-electron chi connectivity index (χ3n) is 5.19. The number of halogens is 2. The lowest BCUT2D eigenvalue weighted by atomic mass is 10.1. The Morgan fingerprint density at radius 1 is 1.12 bits per heavy atom. The Morgan fingerprint density at radius 3 is 2.41 bits per heavy atom. The molecule has 1 N–H and O–H groups in total. The van der Waals surface area contributed by atoms with Crippen molar-refractivity contribution in [2.45, 2.75) is 24.7 Å². The first kappa shape index (κ1) is 25.9. The first-order valence-electron chi connectivity index (χ1n) is 10.5. The topological polar surface area (TPSA) is 97.7 Å². The highest BCUT2D eigenvalue weighted by molar-refractivity contribution is 7.92. The first-order valence-corrected chi connectivity index (χ1v) is 12.7. The molecule has 0 saturated carbocycles. The van der Waals surface area contributed by atoms with Crippen LogP contribution >= 0.6 is 23.2 Å². The number of anilines is 1. The Balaban J connectivity index is 2.11. The van der Waals surface area contributed by atoms with Gasteiger partial charge in [-0.3, -0.25) is 13.9 Å². The van der Waals surface area contributed by atoms with Crippen molar-refractivity contribution in [1.29, 1.82) is 0 Å². The molecule has 182 valence electrons. The second-order valence-corrected chi connectivity index (χ2v) is 10.4. The Morgan fingerprint density at radius 2 is 1.79 bits per heavy atom. The molecule has 0 atom stereocenters. The number of nitrogens with one attached hydrogen (secondary N) is 1. The van der Waals surface area contributed by atoms with E-state index < -0.39 is 22.5 Å². The van der Waals surface area contributed by atoms with E-state index in [9.17, 15) is 18.0 Å². The molecule has 0 aliphatic carbocycles. The van der Waals surface area contributed by atoms with Crippen molar-refractivity contribution in [3.63, 3.8) is 0 Å². The minimum Gasteiger partial charge on any atom is -0.464 e. The summed E-state index contributed by atoms with van der Waals surface area (Å²) >= 11 is 12.1. The lowest BCUT2D eigenvalue weighted by molar-refractivity contribution is -0.141. The molecule has 0 bridgehead atoms. The molecule has 0 aliphatic rings. The quantitative estimate of drug-likeness (QED) is 0.330. The number of fused-ring (bicyclic) bond motifs is 1. The second-order valence-electron chi connectivity index (χ2n) is 7.63. The Hall–Kier alpha value is -2.75. The van der Waals surface area contributed by atoms with Gasteiger partial charge in [0.15, 0.2) is 0 Å². The molecule has 1 heterocycles. The number of aromatic nitrogens is 1. The highest BCUT2D eigenvalue weighted by Crippen LogP contribution is 2.31. The summed E-state index contributed by atoms with van der Waals surface area (Å²) < 4.78 is 35.1. The Bertz CT molecular complexity index is 1320. The van der Waals surface area contributed by atoms with Crippen LogP contribution in [0.2, 0.25) is 10.0 Å². The average molecular weight is 526 g/mol. The van der Waals surface area contributed by atoms with Crippen LogP contribution in [-0.4, -0.2) is 45.1 Å². The van der Waals surface area contributed by atoms with Gasteiger partial charge in [-0.1, -0.05) is 36.5 Å². The molecule has 11 heteroatoms. The second kappa shape index (κ2) is 10.7. The fraction of sp³-hybridized carbons (Fsp3) is 0.304. The van der Waals surface area contributed by atoms with E-state index in [4.69, 9.17) is 27.9 Å². The summed E-state index contributed by atoms with van der Waals surface area (Å²) in [6.45, 7) is 1.60. The molecule has 0 saturated heterocycles. The molecule has 0 spiro atoms. The fourth-order valence-electron chi connectivity index (χ4n) is 3.46. The summed E-state index contributed by atoms with van der Waals surface area (Å²) in [5.74, 6) is -0.959. The number of carbonyl (C=O) groups is 2. The monoisotopic (exact) mass is 525 g/mol. The van der Waals surface area contributed by atoms with E-state index in [0.717, 1.165) is 10.7 Å². The van der Waals surface area contributed by atoms with Crippen molar-refractivity contribution < 1.29 is 22.7 Å². The van der Waals surface area contributed by atoms with Crippen LogP contribution in [-0.2, 0) is 26.6 Å². The van der Waals surface area contributed by atoms with Crippen LogP contribution < -0.4 is 9.62 Å². The summed E-state index contributed by atoms with van der Waals surface area (Å²) in [6, 6.07) is 8.74. The molecule has 3 rings (SSSR count). The zero-order chi connectivity index (χ0) is 25.0. The minimum absolute atomic E-state index is 0.143. The van der Waals surface area contributed by atoms with Crippen LogP contribution in [0.4, 0.5) is 5.69 Å². The molecule has 1 aromatic heterocycles. The van der Waals surface area contributed by atoms with Gasteiger partial charge in [0, 0.05) is 35.7 Å². The van der Waals surface area contributed by atoms with Gasteiger partial charge in [-0.2, -0.15) is 0 Å². The molecule has 0 radical (unpaired) electrons. The van der Waals surface area contributed by atoms with Crippen LogP contribution in [0.3, 0.4) is 0 Å². The number of hydrogen-bond acceptors (Lipinski definition) is 5. The van der Waals surface area contributed by atoms with Gasteiger partial charge in [0.05, 0.1) is 28.3 Å². The number of benzene rings is 2. The molecular formula is C23H25Cl2N3O5S. The van der Waals surface area contributed by atoms with Gasteiger partial charge in [-0.25, -0.2) is 8.42 Å². The number of amides is 1. The first-order chi connectivity index (χ1) is 16.1. The SMILES string of the molecule is CCCCOC(=O)CN(c1ccc2c(C(=O)NC)cn(C)c2c1)S(=O)(=O)c1cc(Cl)cc(Cl)c1. The smallest absolute Gasteiger partial charge is 0.326 e. The Kier molecular flexibility index (Phi) is 8.12. The summed E-state index contributed by atoms with van der Waals surface area (Å²) in [4.78, 5) is 24.6. The van der Waals surface area contributed by atoms with Gasteiger partial charge in [-0.05, 0) is 42.8 Å². The maximum Gasteiger partial charge on any atom is 0.326 e. The number of carbonyl (C=O) groups excluding carboxylic acids is 2. The standard InChI is InChI=1S/C23H25Cl2N3O5S/c1-4-5-8-33-22(29)14-28(34(31,32)18-10-15(24)9-16(25)11-18)17-6-7-19-20(23(30)26-2)13-27(3)21(19)12-17/h6-7,9-13H,4-5,8,14H2,1-3H3,(H,26,30). The van der Waals surface area contributed by atoms with Gasteiger partial charge in [0.1, 0.15) is 6.54 Å². The maximum atomic E-state index is 13.6. The van der Waals surface area contributed by atoms with Crippen molar-refractivity contribution in [1.82, 2.24) is 9.88 Å². The third kappa shape index (κ3) is 5.48. The number of aryl methyl sites for hydroxylation is 1. The predicted molar refractivity (Wildman–Crippen MR) is 133 cm³/mol. The van der Waals surface area contributed by atoms with Crippen LogP contribution in [0, 0.1) is 0 Å². The molecule has 8 nitrogen and oxygen atoms in total. The molecule has 3 aromatic rings. The number of sulfonamides is 1. The van der Waals surface area contributed by atoms with E-state index in [0.29, 0.717) is 22.9 Å². The molecular weight excluding hydrogens is 501 g/mol. The molecule has 2 aromatic carbocycles. The molecule has 0 aliphatic heterocycles. The number of ether oxygens (including phenoxy) is 1. The number of esters is 1. The van der Waals surface area contributed by atoms with E-state index in [1.165, 1.54) is 31.3 Å². The summed E-state index contributed by atoms with van der Waals surface area (Å²) in [6.07, 6.45) is 3.15. The van der Waals surface area contributed by atoms with E-state index >= 15 is 0 Å². The largest absolute Gasteiger partial charge is 0.464 e. The Labute approximate surface area is 208 Å². The molecule has 0 unspecified atom stereocenters. The molecule has 34 heavy (non-hydrogen) atoms. The van der Waals surface area contributed by atoms with Gasteiger partial charge in [0.25, 0.3) is 15.9 Å². The fourth-order valence-corrected chi connectivity index (χ4v) is 5.58. The zero-order valence-electron chi connectivity index (χ0n) is 19.0. The average Bonchev–Trinajstić information content (AvgIpc) is 3.12. The predicted octanol–water partition coefficient (Wildman–Crippen LogP) is 4.38. The van der Waals surface area contributed by atoms with Gasteiger partial charge in [0.2, 0.25) is 0 Å². The van der Waals surface area contributed by atoms with Crippen LogP contribution in [0.1, 0.15) is 30.1 Å². The van der Waals surface area contributed by atoms with Crippen molar-refractivity contribution in [2.75, 3.05) is 24.5 Å². The van der Waals surface area contributed by atoms with Crippen molar-refractivity contribution >= 4 is 61.7 Å². The van der Waals surface area contributed by atoms with Gasteiger partial charge in [-0.15, -0.1) is 0 Å². The highest BCUT2D eigenvalue weighted by Gasteiger charge is 2.29. The minimum atomic E-state index is -4.25. The van der Waals surface area contributed by atoms with E-state index in [1.54, 1.807) is 29.9 Å². The molecule has 1 amide bonds. The summed E-state index contributed by atoms with van der Waals surface area (Å²) in [5.41, 5.74) is 1.28. The normalized spacial score (nSPS) is 11.4. The van der Waals surface area contributed by atoms with Crippen molar-refractivity contribution in [3.05, 3.63) is 58.2 Å². The summed E-state index contributed by atoms with van der Waals surface area (Å²) in [5, 5.41) is 3.51. The van der Waals surface area contributed by atoms with E-state index in [-0.39, 0.29) is 33.1 Å². The number of nitrogens with zero attached hydrogens (tertiary/aromatic N) is 2. The van der Waals surface area contributed by atoms with Crippen LogP contribution in [0.5, 0.6) is 0 Å². The van der Waals surface area contributed by atoms with Gasteiger partial charge >= 0.3 is 5.97 Å². The number of unbranched alkanes of at least 4 members (excludes halogenated alkanes) is 1. The number of rotatable bonds is 9. The van der Waals surface area contributed by atoms with Crippen molar-refractivity contribution in [2.24, 2.45) is 7.05 Å². The van der Waals surface area contributed by atoms with Crippen LogP contribution in [0.25, 0.3) is 10.9 Å². The molecule has 0 fully saturated rings. The summed E-state index contributed by atoms with van der Waals surface area (Å²) in [7, 11) is -0.970. The third-order valence-corrected chi connectivity index (χ3v) is 7.38. The lowest BCUT2D eigenvalue weighted by Gasteiger charge is -2.24. The van der Waals surface area contributed by atoms with Crippen LogP contribution in [0.15, 0.2) is 47.5 Å². The highest BCUT2D eigenvalue weighted by atomic mass is 35.5. The van der Waals surface area contributed by atoms with E-state index in [1.807, 2.05) is 6.92 Å². The zero-order valence-corrected chi connectivity index (χ0v) is 21.3. The number of hydrogen-bond donors (Lipinski definition) is 1. The van der Waals surface area contributed by atoms with Crippen molar-refractivity contribution in [3.8, 4) is 0 Å². The van der Waals surface area contributed by atoms with Gasteiger partial charge < -0.3 is 14.6 Å².